The number of aromatic hydroxyl groups is 1. The van der Waals surface area contributed by atoms with Crippen molar-refractivity contribution in [2.45, 2.75) is 52.4 Å². The van der Waals surface area contributed by atoms with Crippen LogP contribution >= 0.6 is 0 Å². The number of benzene rings is 6. The van der Waals surface area contributed by atoms with E-state index in [4.69, 9.17) is 15.0 Å². The van der Waals surface area contributed by atoms with Gasteiger partial charge in [0, 0.05) is 61.4 Å². The van der Waals surface area contributed by atoms with Crippen LogP contribution in [-0.2, 0) is 31.9 Å². The summed E-state index contributed by atoms with van der Waals surface area (Å²) in [7, 11) is 0. The van der Waals surface area contributed by atoms with Crippen LogP contribution < -0.4 is 0 Å². The zero-order valence-corrected chi connectivity index (χ0v) is 36.3. The summed E-state index contributed by atoms with van der Waals surface area (Å²) in [5, 5.41) is 12.6. The fraction of sp³-hybridized carbons (Fsp3) is 0.151. The van der Waals surface area contributed by atoms with Crippen LogP contribution in [-0.4, -0.2) is 24.6 Å². The fourth-order valence-corrected chi connectivity index (χ4v) is 7.81. The van der Waals surface area contributed by atoms with Crippen LogP contribution in [0.3, 0.4) is 0 Å². The Morgan fingerprint density at radius 3 is 1.97 bits per heavy atom. The Balaban J connectivity index is 0.00000484. The van der Waals surface area contributed by atoms with Gasteiger partial charge in [0.05, 0.1) is 23.1 Å². The van der Waals surface area contributed by atoms with Gasteiger partial charge in [-0.3, -0.25) is 15.0 Å². The average Bonchev–Trinajstić information content (AvgIpc) is 3.63. The zero-order chi connectivity index (χ0) is 40.2. The first-order valence-electron chi connectivity index (χ1n) is 19.8. The van der Waals surface area contributed by atoms with Gasteiger partial charge in [-0.15, -0.1) is 29.8 Å². The maximum atomic E-state index is 11.5. The van der Waals surface area contributed by atoms with E-state index in [1.54, 1.807) is 6.07 Å². The SMILES string of the molecule is CC(C)(C)c1ccc(-n2c(-c3[c-]c(-c4cc(C(C)(C)C)cc5cccnc45)ccc3)nc3c(-c4cc(-c5ccccc5)ccc4O)cncc32)c(-c2ccccc2)c1.[Pt]. The first-order chi connectivity index (χ1) is 27.9. The summed E-state index contributed by atoms with van der Waals surface area (Å²) in [4.78, 5) is 15.2. The molecule has 9 aromatic rings. The Labute approximate surface area is 360 Å². The molecular weight excluding hydrogens is 904 g/mol. The van der Waals surface area contributed by atoms with Gasteiger partial charge < -0.3 is 9.67 Å². The molecule has 294 valence electrons. The van der Waals surface area contributed by atoms with E-state index in [1.165, 1.54) is 11.1 Å². The van der Waals surface area contributed by atoms with Crippen molar-refractivity contribution >= 4 is 21.9 Å². The van der Waals surface area contributed by atoms with Crippen LogP contribution in [0.2, 0.25) is 0 Å². The van der Waals surface area contributed by atoms with E-state index < -0.39 is 0 Å². The summed E-state index contributed by atoms with van der Waals surface area (Å²) in [6.45, 7) is 13.5. The third-order valence-corrected chi connectivity index (χ3v) is 11.0. The van der Waals surface area contributed by atoms with E-state index in [-0.39, 0.29) is 37.6 Å². The van der Waals surface area contributed by atoms with E-state index in [0.717, 1.165) is 78.0 Å². The van der Waals surface area contributed by atoms with Crippen molar-refractivity contribution in [1.82, 2.24) is 19.5 Å². The molecule has 0 aliphatic rings. The number of pyridine rings is 2. The third-order valence-electron chi connectivity index (χ3n) is 11.0. The van der Waals surface area contributed by atoms with E-state index >= 15 is 0 Å². The first kappa shape index (κ1) is 39.7. The molecule has 5 nitrogen and oxygen atoms in total. The molecule has 3 heterocycles. The molecule has 3 aromatic heterocycles. The van der Waals surface area contributed by atoms with Crippen molar-refractivity contribution in [3.8, 4) is 67.3 Å². The standard InChI is InChI=1S/C53H45N4O.Pt/c1-52(2,3)40-23-24-46(42(30-40)35-17-11-8-12-18-35)57-47-33-54-32-45(44-29-36(22-25-48(44)58)34-15-9-7-10-16-34)50(47)56-51(57)39-20-13-19-37(27-39)43-31-41(53(4,5)6)28-38-21-14-26-55-49(38)43;/h7-26,28-33,58H,1-6H3;/q-1;. The predicted molar refractivity (Wildman–Crippen MR) is 239 cm³/mol. The minimum absolute atomic E-state index is 0. The number of rotatable bonds is 6. The average molecular weight is 949 g/mol. The van der Waals surface area contributed by atoms with Crippen LogP contribution in [0.4, 0.5) is 0 Å². The van der Waals surface area contributed by atoms with E-state index in [0.29, 0.717) is 5.56 Å². The van der Waals surface area contributed by atoms with Gasteiger partial charge in [0.2, 0.25) is 0 Å². The molecule has 0 saturated carbocycles. The monoisotopic (exact) mass is 948 g/mol. The van der Waals surface area contributed by atoms with Crippen LogP contribution in [0.1, 0.15) is 52.7 Å². The van der Waals surface area contributed by atoms with Gasteiger partial charge in [0.25, 0.3) is 0 Å². The molecule has 0 bridgehead atoms. The molecule has 0 unspecified atom stereocenters. The third kappa shape index (κ3) is 7.52. The maximum absolute atomic E-state index is 11.5. The smallest absolute Gasteiger partial charge is 0.123 e. The van der Waals surface area contributed by atoms with Crippen LogP contribution in [0, 0.1) is 6.07 Å². The zero-order valence-electron chi connectivity index (χ0n) is 34.1. The fourth-order valence-electron chi connectivity index (χ4n) is 7.81. The Hall–Kier alpha value is -6.16. The second-order valence-corrected chi connectivity index (χ2v) is 17.1. The van der Waals surface area contributed by atoms with Crippen LogP contribution in [0.25, 0.3) is 83.5 Å². The number of phenolic OH excluding ortho intramolecular Hbond substituents is 1. The molecule has 0 saturated heterocycles. The molecule has 1 N–H and O–H groups in total. The summed E-state index contributed by atoms with van der Waals surface area (Å²) in [5.74, 6) is 0.881. The maximum Gasteiger partial charge on any atom is 0.123 e. The molecular formula is C53H45N4OPt-. The Bertz CT molecular complexity index is 2980. The van der Waals surface area contributed by atoms with Crippen molar-refractivity contribution in [1.29, 1.82) is 0 Å². The number of nitrogens with zero attached hydrogens (tertiary/aromatic N) is 4. The van der Waals surface area contributed by atoms with Gasteiger partial charge >= 0.3 is 0 Å². The molecule has 0 spiro atoms. The normalized spacial score (nSPS) is 11.8. The van der Waals surface area contributed by atoms with Gasteiger partial charge in [0.15, 0.2) is 0 Å². The molecule has 0 fully saturated rings. The number of phenols is 1. The van der Waals surface area contributed by atoms with Gasteiger partial charge in [0.1, 0.15) is 5.75 Å². The first-order valence-corrected chi connectivity index (χ1v) is 19.8. The largest absolute Gasteiger partial charge is 0.507 e. The molecule has 0 radical (unpaired) electrons. The van der Waals surface area contributed by atoms with Crippen molar-refractivity contribution in [2.24, 2.45) is 0 Å². The molecule has 0 aliphatic heterocycles. The molecule has 59 heavy (non-hydrogen) atoms. The molecule has 0 aliphatic carbocycles. The Morgan fingerprint density at radius 2 is 1.24 bits per heavy atom. The summed E-state index contributed by atoms with van der Waals surface area (Å²) < 4.78 is 2.22. The number of aromatic nitrogens is 4. The second-order valence-electron chi connectivity index (χ2n) is 17.1. The van der Waals surface area contributed by atoms with E-state index in [2.05, 4.69) is 149 Å². The van der Waals surface area contributed by atoms with Crippen LogP contribution in [0.5, 0.6) is 5.75 Å². The molecule has 6 aromatic carbocycles. The predicted octanol–water partition coefficient (Wildman–Crippen LogP) is 13.4. The molecule has 9 rings (SSSR count). The number of hydrogen-bond acceptors (Lipinski definition) is 4. The summed E-state index contributed by atoms with van der Waals surface area (Å²) in [6.07, 6.45) is 5.55. The number of hydrogen-bond donors (Lipinski definition) is 1. The summed E-state index contributed by atoms with van der Waals surface area (Å²) >= 11 is 0. The van der Waals surface area contributed by atoms with Gasteiger partial charge in [-0.2, -0.15) is 0 Å². The van der Waals surface area contributed by atoms with Crippen molar-refractivity contribution < 1.29 is 26.2 Å². The van der Waals surface area contributed by atoms with E-state index in [1.807, 2.05) is 55.0 Å². The van der Waals surface area contributed by atoms with Gasteiger partial charge in [-0.05, 0) is 74.4 Å². The van der Waals surface area contributed by atoms with Gasteiger partial charge in [-0.25, -0.2) is 0 Å². The van der Waals surface area contributed by atoms with Crippen molar-refractivity contribution in [2.75, 3.05) is 0 Å². The number of fused-ring (bicyclic) bond motifs is 2. The van der Waals surface area contributed by atoms with Crippen LogP contribution in [0.15, 0.2) is 158 Å². The topological polar surface area (TPSA) is 63.8 Å². The number of imidazole rings is 1. The summed E-state index contributed by atoms with van der Waals surface area (Å²) in [6, 6.07) is 52.0. The summed E-state index contributed by atoms with van der Waals surface area (Å²) in [5.41, 5.74) is 14.2. The van der Waals surface area contributed by atoms with Crippen molar-refractivity contribution in [3.63, 3.8) is 0 Å². The quantitative estimate of drug-likeness (QED) is 0.169. The second kappa shape index (κ2) is 15.5. The minimum atomic E-state index is -0.0710. The van der Waals surface area contributed by atoms with E-state index in [9.17, 15) is 5.11 Å². The Kier molecular flexibility index (Phi) is 10.4. The molecule has 0 atom stereocenters. The Morgan fingerprint density at radius 1 is 0.542 bits per heavy atom. The minimum Gasteiger partial charge on any atom is -0.507 e. The van der Waals surface area contributed by atoms with Gasteiger partial charge in [-0.1, -0.05) is 144 Å². The molecule has 6 heteroatoms. The molecule has 0 amide bonds. The van der Waals surface area contributed by atoms with Crippen molar-refractivity contribution in [3.05, 3.63) is 175 Å².